The molecule has 2 aromatic heterocycles. The fourth-order valence-corrected chi connectivity index (χ4v) is 4.31. The number of amides is 2. The van der Waals surface area contributed by atoms with Gasteiger partial charge in [0.05, 0.1) is 25.6 Å². The van der Waals surface area contributed by atoms with Crippen molar-refractivity contribution in [3.05, 3.63) is 102 Å². The van der Waals surface area contributed by atoms with E-state index in [2.05, 4.69) is 5.32 Å². The van der Waals surface area contributed by atoms with Crippen LogP contribution >= 0.6 is 0 Å². The van der Waals surface area contributed by atoms with E-state index in [4.69, 9.17) is 13.0 Å². The van der Waals surface area contributed by atoms with Gasteiger partial charge in [0.15, 0.2) is 5.76 Å². The number of nitrogens with one attached hydrogen (secondary N) is 1. The van der Waals surface area contributed by atoms with E-state index in [1.165, 1.54) is 54.7 Å². The minimum atomic E-state index is -4.18. The van der Waals surface area contributed by atoms with Crippen molar-refractivity contribution in [2.24, 2.45) is 0 Å². The standard InChI is InChI=1S/C25H22N2O7S/c1-18(28)26-20-10-12-22(13-11-20)35(30,31)34-23-8-3-2-6-19(23)16-27(17-21-7-4-14-32-21)25(29)24-9-5-15-33-24/h2-15H,16-17H2,1H3,(H,26,28). The Balaban J connectivity index is 1.58. The van der Waals surface area contributed by atoms with E-state index in [1.54, 1.807) is 42.5 Å². The second kappa shape index (κ2) is 10.3. The minimum absolute atomic E-state index is 0.0351. The molecule has 0 spiro atoms. The quantitative estimate of drug-likeness (QED) is 0.342. The number of para-hydroxylation sites is 1. The third kappa shape index (κ3) is 5.98. The van der Waals surface area contributed by atoms with E-state index < -0.39 is 16.0 Å². The van der Waals surface area contributed by atoms with Gasteiger partial charge in [-0.25, -0.2) is 0 Å². The number of anilines is 1. The van der Waals surface area contributed by atoms with Gasteiger partial charge in [0.1, 0.15) is 16.4 Å². The summed E-state index contributed by atoms with van der Waals surface area (Å²) in [4.78, 5) is 25.6. The Labute approximate surface area is 202 Å². The molecule has 1 N–H and O–H groups in total. The first kappa shape index (κ1) is 23.8. The summed E-state index contributed by atoms with van der Waals surface area (Å²) >= 11 is 0. The van der Waals surface area contributed by atoms with E-state index in [1.807, 2.05) is 0 Å². The molecule has 0 aliphatic heterocycles. The minimum Gasteiger partial charge on any atom is -0.467 e. The molecule has 2 heterocycles. The first-order valence-corrected chi connectivity index (χ1v) is 12.0. The molecular formula is C25H22N2O7S. The third-order valence-corrected chi connectivity index (χ3v) is 6.19. The Morgan fingerprint density at radius 2 is 1.60 bits per heavy atom. The highest BCUT2D eigenvalue weighted by atomic mass is 32.2. The number of hydrogen-bond acceptors (Lipinski definition) is 7. The van der Waals surface area contributed by atoms with Gasteiger partial charge in [-0.15, -0.1) is 0 Å². The molecular weight excluding hydrogens is 472 g/mol. The first-order chi connectivity index (χ1) is 16.8. The van der Waals surface area contributed by atoms with Crippen LogP contribution in [-0.2, 0) is 28.0 Å². The zero-order valence-electron chi connectivity index (χ0n) is 18.7. The first-order valence-electron chi connectivity index (χ1n) is 10.6. The molecule has 10 heteroatoms. The van der Waals surface area contributed by atoms with Crippen LogP contribution in [0.1, 0.15) is 28.8 Å². The Kier molecular flexibility index (Phi) is 7.02. The van der Waals surface area contributed by atoms with Crippen molar-refractivity contribution in [2.45, 2.75) is 24.9 Å². The molecule has 0 unspecified atom stereocenters. The van der Waals surface area contributed by atoms with E-state index in [9.17, 15) is 18.0 Å². The number of hydrogen-bond donors (Lipinski definition) is 1. The summed E-state index contributed by atoms with van der Waals surface area (Å²) in [6, 6.07) is 18.8. The summed E-state index contributed by atoms with van der Waals surface area (Å²) in [5.74, 6) is 0.110. The zero-order valence-corrected chi connectivity index (χ0v) is 19.5. The molecule has 2 aromatic carbocycles. The lowest BCUT2D eigenvalue weighted by molar-refractivity contribution is -0.114. The number of furan rings is 2. The van der Waals surface area contributed by atoms with E-state index >= 15 is 0 Å². The molecule has 0 aliphatic rings. The van der Waals surface area contributed by atoms with Crippen LogP contribution < -0.4 is 9.50 Å². The van der Waals surface area contributed by atoms with Crippen LogP contribution in [0, 0.1) is 0 Å². The average molecular weight is 495 g/mol. The molecule has 35 heavy (non-hydrogen) atoms. The van der Waals surface area contributed by atoms with Crippen molar-refractivity contribution in [1.82, 2.24) is 4.90 Å². The van der Waals surface area contributed by atoms with Gasteiger partial charge in [0.2, 0.25) is 5.91 Å². The number of rotatable bonds is 9. The Morgan fingerprint density at radius 1 is 0.886 bits per heavy atom. The molecule has 4 aromatic rings. The van der Waals surface area contributed by atoms with Gasteiger partial charge in [-0.05, 0) is 54.6 Å². The van der Waals surface area contributed by atoms with Crippen LogP contribution in [-0.4, -0.2) is 25.1 Å². The van der Waals surface area contributed by atoms with Crippen LogP contribution in [0.3, 0.4) is 0 Å². The molecule has 0 saturated carbocycles. The van der Waals surface area contributed by atoms with Crippen LogP contribution in [0.2, 0.25) is 0 Å². The summed E-state index contributed by atoms with van der Waals surface area (Å²) in [6.45, 7) is 1.53. The Morgan fingerprint density at radius 3 is 2.26 bits per heavy atom. The van der Waals surface area contributed by atoms with E-state index in [-0.39, 0.29) is 35.4 Å². The van der Waals surface area contributed by atoms with Gasteiger partial charge in [-0.1, -0.05) is 18.2 Å². The fourth-order valence-electron chi connectivity index (χ4n) is 3.34. The summed E-state index contributed by atoms with van der Waals surface area (Å²) in [7, 11) is -4.18. The molecule has 2 amide bonds. The van der Waals surface area contributed by atoms with E-state index in [0.717, 1.165) is 0 Å². The zero-order chi connectivity index (χ0) is 24.8. The van der Waals surface area contributed by atoms with Crippen LogP contribution in [0.25, 0.3) is 0 Å². The predicted octanol–water partition coefficient (Wildman–Crippen LogP) is 4.44. The molecule has 0 radical (unpaired) electrons. The lowest BCUT2D eigenvalue weighted by atomic mass is 10.2. The van der Waals surface area contributed by atoms with Gasteiger partial charge in [-0.3, -0.25) is 9.59 Å². The van der Waals surface area contributed by atoms with Crippen molar-refractivity contribution in [2.75, 3.05) is 5.32 Å². The van der Waals surface area contributed by atoms with Crippen molar-refractivity contribution < 1.29 is 31.0 Å². The maximum absolute atomic E-state index is 13.1. The van der Waals surface area contributed by atoms with Crippen molar-refractivity contribution in [3.63, 3.8) is 0 Å². The number of carbonyl (C=O) groups excluding carboxylic acids is 2. The van der Waals surface area contributed by atoms with Crippen LogP contribution in [0.15, 0.2) is 99.1 Å². The van der Waals surface area contributed by atoms with Gasteiger partial charge in [-0.2, -0.15) is 8.42 Å². The highest BCUT2D eigenvalue weighted by Gasteiger charge is 2.23. The second-order valence-corrected chi connectivity index (χ2v) is 9.11. The molecule has 0 bridgehead atoms. The highest BCUT2D eigenvalue weighted by molar-refractivity contribution is 7.87. The van der Waals surface area contributed by atoms with Crippen LogP contribution in [0.5, 0.6) is 5.75 Å². The Bertz CT molecular complexity index is 1390. The van der Waals surface area contributed by atoms with E-state index in [0.29, 0.717) is 17.0 Å². The summed E-state index contributed by atoms with van der Waals surface area (Å²) < 4.78 is 42.0. The lowest BCUT2D eigenvalue weighted by Crippen LogP contribution is -2.30. The van der Waals surface area contributed by atoms with Crippen molar-refractivity contribution >= 4 is 27.6 Å². The maximum Gasteiger partial charge on any atom is 0.339 e. The monoisotopic (exact) mass is 494 g/mol. The normalized spacial score (nSPS) is 11.1. The highest BCUT2D eigenvalue weighted by Crippen LogP contribution is 2.26. The summed E-state index contributed by atoms with van der Waals surface area (Å²) in [5.41, 5.74) is 0.930. The topological polar surface area (TPSA) is 119 Å². The molecule has 0 fully saturated rings. The summed E-state index contributed by atoms with van der Waals surface area (Å²) in [6.07, 6.45) is 2.91. The van der Waals surface area contributed by atoms with Crippen molar-refractivity contribution in [1.29, 1.82) is 0 Å². The third-order valence-electron chi connectivity index (χ3n) is 4.94. The molecule has 180 valence electrons. The van der Waals surface area contributed by atoms with Gasteiger partial charge >= 0.3 is 10.1 Å². The second-order valence-electron chi connectivity index (χ2n) is 7.57. The molecule has 0 saturated heterocycles. The van der Waals surface area contributed by atoms with Gasteiger partial charge in [0.25, 0.3) is 5.91 Å². The molecule has 0 atom stereocenters. The molecule has 4 rings (SSSR count). The molecule has 0 aliphatic carbocycles. The van der Waals surface area contributed by atoms with Gasteiger partial charge < -0.3 is 23.2 Å². The van der Waals surface area contributed by atoms with Crippen LogP contribution in [0.4, 0.5) is 5.69 Å². The number of carbonyl (C=O) groups is 2. The molecule has 9 nitrogen and oxygen atoms in total. The average Bonchev–Trinajstić information content (AvgIpc) is 3.54. The number of benzene rings is 2. The summed E-state index contributed by atoms with van der Waals surface area (Å²) in [5, 5.41) is 2.58. The predicted molar refractivity (Wildman–Crippen MR) is 126 cm³/mol. The lowest BCUT2D eigenvalue weighted by Gasteiger charge is -2.22. The number of nitrogens with zero attached hydrogens (tertiary/aromatic N) is 1. The maximum atomic E-state index is 13.1. The smallest absolute Gasteiger partial charge is 0.339 e. The van der Waals surface area contributed by atoms with Crippen molar-refractivity contribution in [3.8, 4) is 5.75 Å². The largest absolute Gasteiger partial charge is 0.467 e. The Hall–Kier alpha value is -4.31. The van der Waals surface area contributed by atoms with Gasteiger partial charge in [0, 0.05) is 18.2 Å². The SMILES string of the molecule is CC(=O)Nc1ccc(S(=O)(=O)Oc2ccccc2CN(Cc2ccco2)C(=O)c2ccco2)cc1. The fraction of sp³-hybridized carbons (Fsp3) is 0.120.